The number of hydrogen-bond acceptors (Lipinski definition) is 2. The minimum absolute atomic E-state index is 0.974. The fraction of sp³-hybridized carbons (Fsp3) is 0. The van der Waals surface area contributed by atoms with Crippen LogP contribution >= 0.6 is 11.3 Å². The lowest BCUT2D eigenvalue weighted by atomic mass is 10.1. The third kappa shape index (κ3) is 3.41. The van der Waals surface area contributed by atoms with Gasteiger partial charge in [0.25, 0.3) is 0 Å². The Kier molecular flexibility index (Phi) is 4.77. The number of para-hydroxylation sites is 1. The molecule has 0 spiro atoms. The van der Waals surface area contributed by atoms with Gasteiger partial charge in [-0.25, -0.2) is 0 Å². The van der Waals surface area contributed by atoms with Crippen molar-refractivity contribution in [2.24, 2.45) is 0 Å². The van der Waals surface area contributed by atoms with Gasteiger partial charge in [-0.2, -0.15) is 0 Å². The summed E-state index contributed by atoms with van der Waals surface area (Å²) in [4.78, 5) is 4.63. The summed E-state index contributed by atoms with van der Waals surface area (Å²) < 4.78 is 7.35. The van der Waals surface area contributed by atoms with E-state index in [1.54, 1.807) is 0 Å². The van der Waals surface area contributed by atoms with Crippen molar-refractivity contribution < 1.29 is 0 Å². The molecule has 0 aliphatic carbocycles. The SMILES string of the molecule is c1ccc(-n2ccc3cc4c5cc6c(cc5n(-c5cccc(-c7ccccn7)c5)c4cc32)sc2ccccc26)cc1. The van der Waals surface area contributed by atoms with Crippen LogP contribution in [0.5, 0.6) is 0 Å². The van der Waals surface area contributed by atoms with Gasteiger partial charge in [0.05, 0.1) is 22.2 Å². The fourth-order valence-corrected chi connectivity index (χ4v) is 7.41. The van der Waals surface area contributed by atoms with Gasteiger partial charge in [0.2, 0.25) is 0 Å². The van der Waals surface area contributed by atoms with Gasteiger partial charge in [0.15, 0.2) is 0 Å². The number of benzene rings is 5. The Morgan fingerprint density at radius 3 is 2.22 bits per heavy atom. The topological polar surface area (TPSA) is 22.8 Å². The molecule has 0 aliphatic heterocycles. The van der Waals surface area contributed by atoms with E-state index in [4.69, 9.17) is 0 Å². The molecule has 0 amide bonds. The van der Waals surface area contributed by atoms with Gasteiger partial charge in [0.1, 0.15) is 0 Å². The maximum Gasteiger partial charge on any atom is 0.0702 e. The van der Waals surface area contributed by atoms with Crippen molar-refractivity contribution in [3.8, 4) is 22.6 Å². The molecule has 4 heterocycles. The highest BCUT2D eigenvalue weighted by Crippen LogP contribution is 2.42. The molecule has 9 aromatic rings. The predicted molar refractivity (Wildman–Crippen MR) is 174 cm³/mol. The first-order chi connectivity index (χ1) is 20.3. The first-order valence-corrected chi connectivity index (χ1v) is 14.6. The zero-order valence-corrected chi connectivity index (χ0v) is 22.8. The van der Waals surface area contributed by atoms with Crippen molar-refractivity contribution in [3.63, 3.8) is 0 Å². The number of aromatic nitrogens is 3. The first kappa shape index (κ1) is 22.6. The van der Waals surface area contributed by atoms with Crippen LogP contribution in [0.3, 0.4) is 0 Å². The molecule has 41 heavy (non-hydrogen) atoms. The van der Waals surface area contributed by atoms with Crippen LogP contribution in [-0.2, 0) is 0 Å². The van der Waals surface area contributed by atoms with Crippen LogP contribution in [-0.4, -0.2) is 14.1 Å². The van der Waals surface area contributed by atoms with Gasteiger partial charge in [-0.05, 0) is 72.8 Å². The van der Waals surface area contributed by atoms with Gasteiger partial charge in [-0.1, -0.05) is 54.6 Å². The van der Waals surface area contributed by atoms with Gasteiger partial charge in [-0.15, -0.1) is 11.3 Å². The summed E-state index contributed by atoms with van der Waals surface area (Å²) in [7, 11) is 0. The molecule has 4 aromatic heterocycles. The van der Waals surface area contributed by atoms with Gasteiger partial charge in [-0.3, -0.25) is 4.98 Å². The summed E-state index contributed by atoms with van der Waals surface area (Å²) in [6.07, 6.45) is 4.03. The van der Waals surface area contributed by atoms with Gasteiger partial charge < -0.3 is 9.13 Å². The Morgan fingerprint density at radius 2 is 1.32 bits per heavy atom. The summed E-state index contributed by atoms with van der Waals surface area (Å²) in [5.74, 6) is 0. The van der Waals surface area contributed by atoms with Gasteiger partial charge >= 0.3 is 0 Å². The van der Waals surface area contributed by atoms with Crippen molar-refractivity contribution >= 4 is 64.2 Å². The maximum absolute atomic E-state index is 4.63. The van der Waals surface area contributed by atoms with E-state index in [1.165, 1.54) is 52.9 Å². The molecule has 0 fully saturated rings. The zero-order chi connectivity index (χ0) is 26.9. The lowest BCUT2D eigenvalue weighted by molar-refractivity contribution is 1.12. The Hall–Kier alpha value is -5.19. The van der Waals surface area contributed by atoms with Crippen LogP contribution in [0.1, 0.15) is 0 Å². The van der Waals surface area contributed by atoms with Crippen molar-refractivity contribution in [2.75, 3.05) is 0 Å². The number of fused-ring (bicyclic) bond motifs is 7. The molecule has 0 saturated carbocycles. The normalized spacial score (nSPS) is 11.9. The highest BCUT2D eigenvalue weighted by molar-refractivity contribution is 7.25. The standard InChI is InChI=1S/C37H23N3S/c1-2-10-26(11-3-1)39-18-16-25-20-29-30-21-31-28-13-4-5-15-36(28)41-37(31)23-35(30)40(34(29)22-33(25)39)27-12-8-9-24(19-27)32-14-6-7-17-38-32/h1-23H. The molecule has 0 radical (unpaired) electrons. The second-order valence-electron chi connectivity index (χ2n) is 10.5. The average molecular weight is 542 g/mol. The smallest absolute Gasteiger partial charge is 0.0702 e. The van der Waals surface area contributed by atoms with E-state index in [-0.39, 0.29) is 0 Å². The van der Waals surface area contributed by atoms with Crippen molar-refractivity contribution in [3.05, 3.63) is 140 Å². The number of hydrogen-bond donors (Lipinski definition) is 0. The van der Waals surface area contributed by atoms with E-state index in [9.17, 15) is 0 Å². The van der Waals surface area contributed by atoms with Crippen LogP contribution in [0.2, 0.25) is 0 Å². The Morgan fingerprint density at radius 1 is 0.512 bits per heavy atom. The first-order valence-electron chi connectivity index (χ1n) is 13.8. The molecular weight excluding hydrogens is 518 g/mol. The molecule has 9 rings (SSSR count). The summed E-state index contributed by atoms with van der Waals surface area (Å²) in [6.45, 7) is 0. The highest BCUT2D eigenvalue weighted by atomic mass is 32.1. The minimum atomic E-state index is 0.974. The third-order valence-corrected chi connectivity index (χ3v) is 9.31. The molecule has 0 bridgehead atoms. The number of pyridine rings is 1. The van der Waals surface area contributed by atoms with Crippen molar-refractivity contribution in [1.29, 1.82) is 0 Å². The van der Waals surface area contributed by atoms with E-state index >= 15 is 0 Å². The minimum Gasteiger partial charge on any atom is -0.316 e. The molecule has 4 heteroatoms. The second-order valence-corrected chi connectivity index (χ2v) is 11.6. The lowest BCUT2D eigenvalue weighted by Crippen LogP contribution is -1.96. The average Bonchev–Trinajstić information content (AvgIpc) is 3.71. The number of rotatable bonds is 3. The molecule has 0 N–H and O–H groups in total. The quantitative estimate of drug-likeness (QED) is 0.218. The van der Waals surface area contributed by atoms with Crippen molar-refractivity contribution in [2.45, 2.75) is 0 Å². The lowest BCUT2D eigenvalue weighted by Gasteiger charge is -2.11. The molecule has 5 aromatic carbocycles. The molecule has 0 unspecified atom stereocenters. The zero-order valence-electron chi connectivity index (χ0n) is 22.0. The predicted octanol–water partition coefficient (Wildman–Crippen LogP) is 10.2. The molecule has 0 aliphatic rings. The number of thiophene rings is 1. The highest BCUT2D eigenvalue weighted by Gasteiger charge is 2.18. The molecule has 0 saturated heterocycles. The third-order valence-electron chi connectivity index (χ3n) is 8.17. The second kappa shape index (κ2) is 8.65. The van der Waals surface area contributed by atoms with Crippen LogP contribution in [0.25, 0.3) is 75.5 Å². The Bertz CT molecular complexity index is 2410. The van der Waals surface area contributed by atoms with E-state index in [1.807, 2.05) is 29.7 Å². The van der Waals surface area contributed by atoms with Crippen LogP contribution in [0.4, 0.5) is 0 Å². The Labute approximate surface area is 240 Å². The van der Waals surface area contributed by atoms with Crippen LogP contribution < -0.4 is 0 Å². The van der Waals surface area contributed by atoms with E-state index in [2.05, 4.69) is 136 Å². The summed E-state index contributed by atoms with van der Waals surface area (Å²) >= 11 is 1.87. The van der Waals surface area contributed by atoms with E-state index < -0.39 is 0 Å². The Balaban J connectivity index is 1.40. The van der Waals surface area contributed by atoms with E-state index in [0.717, 1.165) is 22.6 Å². The molecule has 0 atom stereocenters. The largest absolute Gasteiger partial charge is 0.316 e. The monoisotopic (exact) mass is 541 g/mol. The van der Waals surface area contributed by atoms with Gasteiger partial charge in [0, 0.05) is 65.7 Å². The molecule has 3 nitrogen and oxygen atoms in total. The summed E-state index contributed by atoms with van der Waals surface area (Å²) in [6, 6.07) is 45.9. The molecule has 192 valence electrons. The summed E-state index contributed by atoms with van der Waals surface area (Å²) in [5, 5.41) is 6.41. The van der Waals surface area contributed by atoms with Crippen LogP contribution in [0, 0.1) is 0 Å². The van der Waals surface area contributed by atoms with Crippen molar-refractivity contribution in [1.82, 2.24) is 14.1 Å². The fourth-order valence-electron chi connectivity index (χ4n) is 6.29. The number of nitrogens with zero attached hydrogens (tertiary/aromatic N) is 3. The van der Waals surface area contributed by atoms with E-state index in [0.29, 0.717) is 0 Å². The maximum atomic E-state index is 4.63. The molecular formula is C37H23N3S. The summed E-state index contributed by atoms with van der Waals surface area (Å²) in [5.41, 5.74) is 7.98. The van der Waals surface area contributed by atoms with Crippen LogP contribution in [0.15, 0.2) is 140 Å².